The fraction of sp³-hybridized carbons (Fsp3) is 0.533. The van der Waals surface area contributed by atoms with Gasteiger partial charge in [-0.3, -0.25) is 4.79 Å². The van der Waals surface area contributed by atoms with E-state index in [0.29, 0.717) is 28.1 Å². The van der Waals surface area contributed by atoms with E-state index in [9.17, 15) is 9.90 Å². The molecule has 2 rings (SSSR count). The lowest BCUT2D eigenvalue weighted by Gasteiger charge is -2.16. The van der Waals surface area contributed by atoms with Crippen LogP contribution in [0.2, 0.25) is 10.0 Å². The van der Waals surface area contributed by atoms with Gasteiger partial charge in [-0.25, -0.2) is 0 Å². The molecule has 21 heavy (non-hydrogen) atoms. The second-order valence-electron chi connectivity index (χ2n) is 5.38. The third-order valence-corrected chi connectivity index (χ3v) is 3.82. The van der Waals surface area contributed by atoms with Gasteiger partial charge in [0.1, 0.15) is 6.10 Å². The summed E-state index contributed by atoms with van der Waals surface area (Å²) in [5.74, 6) is 0.377. The zero-order valence-electron chi connectivity index (χ0n) is 11.8. The van der Waals surface area contributed by atoms with Gasteiger partial charge in [-0.15, -0.1) is 0 Å². The highest BCUT2D eigenvalue weighted by Crippen LogP contribution is 2.29. The minimum absolute atomic E-state index is 0.0899. The van der Waals surface area contributed by atoms with Crippen molar-refractivity contribution in [1.29, 1.82) is 0 Å². The quantitative estimate of drug-likeness (QED) is 0.807. The number of halogens is 2. The molecule has 0 unspecified atom stereocenters. The Morgan fingerprint density at radius 3 is 2.57 bits per heavy atom. The lowest BCUT2D eigenvalue weighted by Crippen LogP contribution is -2.37. The zero-order valence-corrected chi connectivity index (χ0v) is 13.3. The van der Waals surface area contributed by atoms with Crippen LogP contribution in [0.1, 0.15) is 31.4 Å². The van der Waals surface area contributed by atoms with E-state index in [1.54, 1.807) is 25.1 Å². The maximum Gasteiger partial charge on any atom is 0.248 e. The largest absolute Gasteiger partial charge is 0.387 e. The highest BCUT2D eigenvalue weighted by Gasteiger charge is 2.24. The first-order chi connectivity index (χ1) is 9.95. The summed E-state index contributed by atoms with van der Waals surface area (Å²) in [5, 5.41) is 13.6. The molecular weight excluding hydrogens is 313 g/mol. The van der Waals surface area contributed by atoms with Crippen LogP contribution in [0.3, 0.4) is 0 Å². The molecule has 0 heterocycles. The van der Waals surface area contributed by atoms with E-state index in [4.69, 9.17) is 27.9 Å². The summed E-state index contributed by atoms with van der Waals surface area (Å²) in [5.41, 5.74) is 0.569. The maximum atomic E-state index is 11.8. The summed E-state index contributed by atoms with van der Waals surface area (Å²) in [7, 11) is 0. The van der Waals surface area contributed by atoms with Crippen molar-refractivity contribution in [1.82, 2.24) is 5.32 Å². The summed E-state index contributed by atoms with van der Waals surface area (Å²) >= 11 is 11.8. The van der Waals surface area contributed by atoms with Crippen molar-refractivity contribution >= 4 is 29.1 Å². The van der Waals surface area contributed by atoms with Crippen LogP contribution >= 0.6 is 23.2 Å². The Balaban J connectivity index is 1.78. The van der Waals surface area contributed by atoms with Gasteiger partial charge in [0.2, 0.25) is 5.91 Å². The number of nitrogens with one attached hydrogen (secondary N) is 1. The molecule has 1 aromatic rings. The van der Waals surface area contributed by atoms with Gasteiger partial charge >= 0.3 is 0 Å². The summed E-state index contributed by atoms with van der Waals surface area (Å²) < 4.78 is 5.47. The van der Waals surface area contributed by atoms with Gasteiger partial charge in [-0.2, -0.15) is 0 Å². The van der Waals surface area contributed by atoms with E-state index in [1.807, 2.05) is 0 Å². The standard InChI is InChI=1S/C15H19Cl2NO3/c1-9(21-8-10-2-3-10)15(20)18-7-14(19)11-4-12(16)6-13(17)5-11/h4-6,9-10,14,19H,2-3,7-8H2,1H3,(H,18,20)/t9-,14+/m0/s1. The van der Waals surface area contributed by atoms with Gasteiger partial charge < -0.3 is 15.2 Å². The van der Waals surface area contributed by atoms with Crippen molar-refractivity contribution < 1.29 is 14.6 Å². The lowest BCUT2D eigenvalue weighted by molar-refractivity contribution is -0.132. The number of carbonyl (C=O) groups excluding carboxylic acids is 1. The Bertz CT molecular complexity index is 485. The molecule has 1 saturated carbocycles. The summed E-state index contributed by atoms with van der Waals surface area (Å²) in [4.78, 5) is 11.8. The van der Waals surface area contributed by atoms with E-state index in [1.165, 1.54) is 12.8 Å². The topological polar surface area (TPSA) is 58.6 Å². The van der Waals surface area contributed by atoms with E-state index < -0.39 is 12.2 Å². The first kappa shape index (κ1) is 16.6. The molecule has 1 fully saturated rings. The molecule has 0 aromatic heterocycles. The Labute approximate surface area is 134 Å². The predicted molar refractivity (Wildman–Crippen MR) is 82.6 cm³/mol. The van der Waals surface area contributed by atoms with Crippen LogP contribution in [0, 0.1) is 5.92 Å². The van der Waals surface area contributed by atoms with Gasteiger partial charge in [0.05, 0.1) is 12.7 Å². The van der Waals surface area contributed by atoms with Crippen molar-refractivity contribution in [2.45, 2.75) is 32.0 Å². The van der Waals surface area contributed by atoms with Crippen LogP contribution in [-0.2, 0) is 9.53 Å². The summed E-state index contributed by atoms with van der Waals surface area (Å²) in [6.07, 6.45) is 0.993. The van der Waals surface area contributed by atoms with E-state index >= 15 is 0 Å². The van der Waals surface area contributed by atoms with Crippen LogP contribution < -0.4 is 5.32 Å². The molecule has 0 radical (unpaired) electrons. The highest BCUT2D eigenvalue weighted by atomic mass is 35.5. The van der Waals surface area contributed by atoms with Crippen LogP contribution in [0.25, 0.3) is 0 Å². The molecule has 0 spiro atoms. The molecule has 6 heteroatoms. The van der Waals surface area contributed by atoms with Crippen molar-refractivity contribution in [2.75, 3.05) is 13.2 Å². The molecule has 2 N–H and O–H groups in total. The van der Waals surface area contributed by atoms with Crippen LogP contribution in [-0.4, -0.2) is 30.3 Å². The van der Waals surface area contributed by atoms with Crippen LogP contribution in [0.5, 0.6) is 0 Å². The zero-order chi connectivity index (χ0) is 15.4. The molecule has 1 aliphatic rings. The van der Waals surface area contributed by atoms with Crippen molar-refractivity contribution in [3.63, 3.8) is 0 Å². The Morgan fingerprint density at radius 1 is 1.38 bits per heavy atom. The Hall–Kier alpha value is -0.810. The summed E-state index contributed by atoms with van der Waals surface area (Å²) in [6.45, 7) is 2.42. The third kappa shape index (κ3) is 5.47. The highest BCUT2D eigenvalue weighted by molar-refractivity contribution is 6.34. The van der Waals surface area contributed by atoms with Crippen molar-refractivity contribution in [2.24, 2.45) is 5.92 Å². The number of aliphatic hydroxyl groups is 1. The second kappa shape index (κ2) is 7.45. The number of carbonyl (C=O) groups is 1. The number of aliphatic hydroxyl groups excluding tert-OH is 1. The van der Waals surface area contributed by atoms with Gasteiger partial charge in [-0.1, -0.05) is 23.2 Å². The molecule has 0 bridgehead atoms. The van der Waals surface area contributed by atoms with E-state index in [0.717, 1.165) is 0 Å². The van der Waals surface area contributed by atoms with Gasteiger partial charge in [0.25, 0.3) is 0 Å². The smallest absolute Gasteiger partial charge is 0.248 e. The predicted octanol–water partition coefficient (Wildman–Crippen LogP) is 2.96. The molecule has 2 atom stereocenters. The number of hydrogen-bond acceptors (Lipinski definition) is 3. The van der Waals surface area contributed by atoms with Crippen molar-refractivity contribution in [3.8, 4) is 0 Å². The monoisotopic (exact) mass is 331 g/mol. The molecule has 1 aliphatic carbocycles. The van der Waals surface area contributed by atoms with E-state index in [-0.39, 0.29) is 12.5 Å². The Kier molecular flexibility index (Phi) is 5.88. The average Bonchev–Trinajstić information content (AvgIpc) is 3.24. The number of benzene rings is 1. The number of amides is 1. The first-order valence-electron chi connectivity index (χ1n) is 6.99. The lowest BCUT2D eigenvalue weighted by atomic mass is 10.1. The average molecular weight is 332 g/mol. The Morgan fingerprint density at radius 2 is 2.00 bits per heavy atom. The van der Waals surface area contributed by atoms with Crippen molar-refractivity contribution in [3.05, 3.63) is 33.8 Å². The minimum atomic E-state index is -0.860. The molecule has 1 amide bonds. The minimum Gasteiger partial charge on any atom is -0.387 e. The normalized spacial score (nSPS) is 17.3. The van der Waals surface area contributed by atoms with Crippen LogP contribution in [0.15, 0.2) is 18.2 Å². The van der Waals surface area contributed by atoms with E-state index in [2.05, 4.69) is 5.32 Å². The number of rotatable bonds is 7. The second-order valence-corrected chi connectivity index (χ2v) is 6.26. The van der Waals surface area contributed by atoms with Crippen LogP contribution in [0.4, 0.5) is 0 Å². The third-order valence-electron chi connectivity index (χ3n) is 3.39. The maximum absolute atomic E-state index is 11.8. The molecule has 0 saturated heterocycles. The fourth-order valence-electron chi connectivity index (χ4n) is 1.87. The first-order valence-corrected chi connectivity index (χ1v) is 7.74. The number of hydrogen-bond donors (Lipinski definition) is 2. The SMILES string of the molecule is C[C@H](OCC1CC1)C(=O)NC[C@@H](O)c1cc(Cl)cc(Cl)c1. The fourth-order valence-corrected chi connectivity index (χ4v) is 2.41. The van der Waals surface area contributed by atoms with Gasteiger partial charge in [-0.05, 0) is 49.4 Å². The number of ether oxygens (including phenoxy) is 1. The van der Waals surface area contributed by atoms with Gasteiger partial charge in [0.15, 0.2) is 0 Å². The molecule has 4 nitrogen and oxygen atoms in total. The summed E-state index contributed by atoms with van der Waals surface area (Å²) in [6, 6.07) is 4.83. The van der Waals surface area contributed by atoms with Gasteiger partial charge in [0, 0.05) is 16.6 Å². The molecule has 1 aromatic carbocycles. The molecular formula is C15H19Cl2NO3. The molecule has 0 aliphatic heterocycles. The molecule has 116 valence electrons.